The van der Waals surface area contributed by atoms with Gasteiger partial charge < -0.3 is 4.74 Å². The summed E-state index contributed by atoms with van der Waals surface area (Å²) in [6, 6.07) is 0. The largest absolute Gasteiger partial charge is 0.462 e. The molecule has 0 aromatic rings. The van der Waals surface area contributed by atoms with E-state index in [1.54, 1.807) is 0 Å². The predicted molar refractivity (Wildman–Crippen MR) is 31.3 cm³/mol. The minimum atomic E-state index is -0.469. The number of ether oxygens (including phenoxy) is 1. The van der Waals surface area contributed by atoms with Gasteiger partial charge >= 0.3 is 5.97 Å². The maximum Gasteiger partial charge on any atom is 0.330 e. The van der Waals surface area contributed by atoms with E-state index in [0.29, 0.717) is 6.42 Å². The Morgan fingerprint density at radius 3 is 2.78 bits per heavy atom. The molecule has 1 radical (unpaired) electrons. The molecule has 0 unspecified atom stereocenters. The molecule has 0 aromatic carbocycles. The second-order valence-corrected chi connectivity index (χ2v) is 1.43. The maximum absolute atomic E-state index is 10.2. The summed E-state index contributed by atoms with van der Waals surface area (Å²) in [4.78, 5) is 10.2. The lowest BCUT2D eigenvalue weighted by molar-refractivity contribution is -0.138. The topological polar surface area (TPSA) is 46.2 Å². The molecule has 0 N–H and O–H groups in total. The van der Waals surface area contributed by atoms with E-state index in [1.807, 2.05) is 0 Å². The number of hydrogen-bond donors (Lipinski definition) is 0. The summed E-state index contributed by atoms with van der Waals surface area (Å²) in [6.07, 6.45) is 1.45. The van der Waals surface area contributed by atoms with E-state index < -0.39 is 5.97 Å². The summed E-state index contributed by atoms with van der Waals surface area (Å²) in [5, 5.41) is 9.78. The first-order valence-electron chi connectivity index (χ1n) is 2.68. The van der Waals surface area contributed by atoms with Gasteiger partial charge in [-0.05, 0) is 0 Å². The molecule has 0 aliphatic carbocycles. The summed E-state index contributed by atoms with van der Waals surface area (Å²) in [5.74, 6) is -0.469. The molecule has 0 aliphatic rings. The third kappa shape index (κ3) is 5.03. The molecule has 0 amide bonds. The average molecular weight is 129 g/mol. The van der Waals surface area contributed by atoms with E-state index in [9.17, 15) is 9.90 Å². The van der Waals surface area contributed by atoms with Gasteiger partial charge in [0.15, 0.2) is 0 Å². The van der Waals surface area contributed by atoms with Gasteiger partial charge in [-0.2, -0.15) is 0 Å². The second kappa shape index (κ2) is 5.31. The Bertz CT molecular complexity index is 98.5. The van der Waals surface area contributed by atoms with E-state index in [-0.39, 0.29) is 13.2 Å². The van der Waals surface area contributed by atoms with Crippen LogP contribution in [-0.4, -0.2) is 19.2 Å². The fourth-order valence-electron chi connectivity index (χ4n) is 0.291. The molecule has 0 fully saturated rings. The lowest BCUT2D eigenvalue weighted by atomic mass is 10.5. The third-order valence-corrected chi connectivity index (χ3v) is 0.700. The highest BCUT2D eigenvalue weighted by atomic mass is 16.5. The van der Waals surface area contributed by atoms with Crippen molar-refractivity contribution < 1.29 is 14.6 Å². The van der Waals surface area contributed by atoms with Crippen molar-refractivity contribution in [2.45, 2.75) is 6.42 Å². The number of carbonyl (C=O) groups excluding carboxylic acids is 1. The van der Waals surface area contributed by atoms with Gasteiger partial charge in [0.2, 0.25) is 0 Å². The molecular weight excluding hydrogens is 120 g/mol. The van der Waals surface area contributed by atoms with Crippen LogP contribution in [0.25, 0.3) is 0 Å². The van der Waals surface area contributed by atoms with E-state index in [2.05, 4.69) is 11.3 Å². The molecule has 0 heterocycles. The Morgan fingerprint density at radius 2 is 2.33 bits per heavy atom. The summed E-state index contributed by atoms with van der Waals surface area (Å²) in [6.45, 7) is 3.19. The van der Waals surface area contributed by atoms with Crippen molar-refractivity contribution in [2.75, 3.05) is 13.2 Å². The molecule has 0 saturated carbocycles. The molecule has 3 heteroatoms. The molecule has 9 heavy (non-hydrogen) atoms. The van der Waals surface area contributed by atoms with E-state index in [0.717, 1.165) is 6.08 Å². The predicted octanol–water partition coefficient (Wildman–Crippen LogP) is 0.536. The maximum atomic E-state index is 10.2. The van der Waals surface area contributed by atoms with Crippen LogP contribution in [-0.2, 0) is 14.6 Å². The first-order chi connectivity index (χ1) is 4.31. The Kier molecular flexibility index (Phi) is 4.82. The zero-order valence-electron chi connectivity index (χ0n) is 5.13. The molecular formula is C6H9O3. The zero-order chi connectivity index (χ0) is 7.11. The van der Waals surface area contributed by atoms with E-state index in [4.69, 9.17) is 0 Å². The Labute approximate surface area is 53.9 Å². The average Bonchev–Trinajstić information content (AvgIpc) is 1.89. The summed E-state index contributed by atoms with van der Waals surface area (Å²) in [7, 11) is 0. The number of hydrogen-bond acceptors (Lipinski definition) is 2. The molecule has 0 spiro atoms. The summed E-state index contributed by atoms with van der Waals surface area (Å²) >= 11 is 0. The van der Waals surface area contributed by atoms with Gasteiger partial charge in [0, 0.05) is 12.5 Å². The van der Waals surface area contributed by atoms with Gasteiger partial charge in [0.05, 0.1) is 13.2 Å². The lowest BCUT2D eigenvalue weighted by Crippen LogP contribution is -2.02. The van der Waals surface area contributed by atoms with E-state index in [1.165, 1.54) is 0 Å². The fourth-order valence-corrected chi connectivity index (χ4v) is 0.291. The molecule has 0 rings (SSSR count). The van der Waals surface area contributed by atoms with Crippen LogP contribution in [0.1, 0.15) is 6.42 Å². The SMILES string of the molecule is C=CC(=O)OCCC[O]. The Balaban J connectivity index is 3.07. The van der Waals surface area contributed by atoms with Gasteiger partial charge in [-0.25, -0.2) is 9.90 Å². The van der Waals surface area contributed by atoms with Gasteiger partial charge in [-0.1, -0.05) is 6.58 Å². The lowest BCUT2D eigenvalue weighted by Gasteiger charge is -1.96. The molecule has 0 atom stereocenters. The molecule has 0 aromatic heterocycles. The Morgan fingerprint density at radius 1 is 1.67 bits per heavy atom. The number of carbonyl (C=O) groups is 1. The van der Waals surface area contributed by atoms with Crippen molar-refractivity contribution >= 4 is 5.97 Å². The zero-order valence-corrected chi connectivity index (χ0v) is 5.13. The second-order valence-electron chi connectivity index (χ2n) is 1.43. The Hall–Kier alpha value is -0.830. The van der Waals surface area contributed by atoms with Crippen LogP contribution in [0.4, 0.5) is 0 Å². The fraction of sp³-hybridized carbons (Fsp3) is 0.500. The standard InChI is InChI=1S/C6H9O3/c1-2-6(8)9-5-3-4-7/h2H,1,3-5H2. The summed E-state index contributed by atoms with van der Waals surface area (Å²) in [5.41, 5.74) is 0. The van der Waals surface area contributed by atoms with Crippen molar-refractivity contribution in [1.82, 2.24) is 0 Å². The van der Waals surface area contributed by atoms with Crippen molar-refractivity contribution in [2.24, 2.45) is 0 Å². The van der Waals surface area contributed by atoms with Crippen LogP contribution in [0, 0.1) is 0 Å². The van der Waals surface area contributed by atoms with Crippen LogP contribution in [0.5, 0.6) is 0 Å². The first-order valence-corrected chi connectivity index (χ1v) is 2.68. The van der Waals surface area contributed by atoms with E-state index >= 15 is 0 Å². The van der Waals surface area contributed by atoms with Crippen molar-refractivity contribution in [1.29, 1.82) is 0 Å². The van der Waals surface area contributed by atoms with Crippen molar-refractivity contribution in [3.8, 4) is 0 Å². The van der Waals surface area contributed by atoms with Crippen LogP contribution < -0.4 is 0 Å². The highest BCUT2D eigenvalue weighted by molar-refractivity contribution is 5.81. The third-order valence-electron chi connectivity index (χ3n) is 0.700. The number of esters is 1. The molecule has 3 nitrogen and oxygen atoms in total. The number of rotatable bonds is 4. The minimum absolute atomic E-state index is 0.203. The van der Waals surface area contributed by atoms with Gasteiger partial charge in [0.1, 0.15) is 0 Å². The van der Waals surface area contributed by atoms with Gasteiger partial charge in [-0.3, -0.25) is 0 Å². The highest BCUT2D eigenvalue weighted by Gasteiger charge is 1.92. The van der Waals surface area contributed by atoms with Crippen LogP contribution in [0.3, 0.4) is 0 Å². The van der Waals surface area contributed by atoms with Crippen LogP contribution in [0.15, 0.2) is 12.7 Å². The van der Waals surface area contributed by atoms with Crippen molar-refractivity contribution in [3.05, 3.63) is 12.7 Å². The quantitative estimate of drug-likeness (QED) is 0.316. The molecule has 0 bridgehead atoms. The van der Waals surface area contributed by atoms with Gasteiger partial charge in [0.25, 0.3) is 0 Å². The molecule has 0 aliphatic heterocycles. The van der Waals surface area contributed by atoms with Crippen molar-refractivity contribution in [3.63, 3.8) is 0 Å². The summed E-state index contributed by atoms with van der Waals surface area (Å²) < 4.78 is 4.47. The highest BCUT2D eigenvalue weighted by Crippen LogP contribution is 1.82. The van der Waals surface area contributed by atoms with Crippen LogP contribution in [0.2, 0.25) is 0 Å². The first kappa shape index (κ1) is 8.17. The van der Waals surface area contributed by atoms with Gasteiger partial charge in [-0.15, -0.1) is 0 Å². The smallest absolute Gasteiger partial charge is 0.330 e. The van der Waals surface area contributed by atoms with Crippen LogP contribution >= 0.6 is 0 Å². The normalized spacial score (nSPS) is 8.56. The molecule has 51 valence electrons. The molecule has 0 saturated heterocycles. The minimum Gasteiger partial charge on any atom is -0.462 e. The monoisotopic (exact) mass is 129 g/mol.